The Bertz CT molecular complexity index is 1210. The summed E-state index contributed by atoms with van der Waals surface area (Å²) in [5, 5.41) is 37.2. The standard InChI is InChI=1S/C27H38N4O7S2/c1-19(2)17-31(40(37,38)22-11-9-21(10-12-22)16-28-36)18-25(32)24(15-20-7-5-4-6-8-20)29-26(33)23(13-14-39-3)30-27(34)35/h4-12,16,19,23-25,30,32,36H,13-15,17-18H2,1-3H3,(H,29,33)(H,34,35)/b28-16+/t23-,24?,25+/m0/s1. The Morgan fingerprint density at radius 2 is 1.70 bits per heavy atom. The van der Waals surface area contributed by atoms with E-state index in [1.54, 1.807) is 0 Å². The maximum atomic E-state index is 13.6. The van der Waals surface area contributed by atoms with Crippen LogP contribution in [0.3, 0.4) is 0 Å². The number of hydrogen-bond acceptors (Lipinski definition) is 8. The summed E-state index contributed by atoms with van der Waals surface area (Å²) in [6.07, 6.45) is 0.805. The van der Waals surface area contributed by atoms with Crippen LogP contribution in [0.2, 0.25) is 0 Å². The normalized spacial score (nSPS) is 14.2. The van der Waals surface area contributed by atoms with Crippen LogP contribution in [0.25, 0.3) is 0 Å². The van der Waals surface area contributed by atoms with Crippen molar-refractivity contribution in [2.45, 2.75) is 49.8 Å². The largest absolute Gasteiger partial charge is 0.465 e. The quantitative estimate of drug-likeness (QED) is 0.112. The minimum Gasteiger partial charge on any atom is -0.465 e. The molecule has 1 unspecified atom stereocenters. The summed E-state index contributed by atoms with van der Waals surface area (Å²) < 4.78 is 28.4. The molecule has 11 nitrogen and oxygen atoms in total. The fourth-order valence-corrected chi connectivity index (χ4v) is 6.14. The summed E-state index contributed by atoms with van der Waals surface area (Å²) in [5.41, 5.74) is 1.31. The van der Waals surface area contributed by atoms with Gasteiger partial charge in [-0.1, -0.05) is 61.5 Å². The number of amides is 2. The lowest BCUT2D eigenvalue weighted by atomic mass is 10.00. The second-order valence-corrected chi connectivity index (χ2v) is 12.6. The molecule has 0 heterocycles. The number of sulfonamides is 1. The maximum absolute atomic E-state index is 13.6. The molecule has 0 saturated heterocycles. The van der Waals surface area contributed by atoms with Gasteiger partial charge in [-0.3, -0.25) is 4.79 Å². The van der Waals surface area contributed by atoms with Crippen LogP contribution in [0, 0.1) is 5.92 Å². The molecule has 2 amide bonds. The average Bonchev–Trinajstić information content (AvgIpc) is 2.90. The van der Waals surface area contributed by atoms with Crippen molar-refractivity contribution in [3.05, 3.63) is 65.7 Å². The van der Waals surface area contributed by atoms with Crippen LogP contribution >= 0.6 is 11.8 Å². The van der Waals surface area contributed by atoms with Gasteiger partial charge in [0.05, 0.1) is 23.3 Å². The molecule has 2 aromatic carbocycles. The molecule has 0 saturated carbocycles. The minimum absolute atomic E-state index is 0.00173. The van der Waals surface area contributed by atoms with Gasteiger partial charge in [0.2, 0.25) is 15.9 Å². The zero-order valence-electron chi connectivity index (χ0n) is 22.8. The molecule has 13 heteroatoms. The Morgan fingerprint density at radius 1 is 1.05 bits per heavy atom. The number of nitrogens with one attached hydrogen (secondary N) is 2. The molecular weight excluding hydrogens is 556 g/mol. The number of oxime groups is 1. The van der Waals surface area contributed by atoms with Gasteiger partial charge in [-0.05, 0) is 54.0 Å². The van der Waals surface area contributed by atoms with Gasteiger partial charge < -0.3 is 26.1 Å². The molecule has 0 aromatic heterocycles. The number of benzene rings is 2. The van der Waals surface area contributed by atoms with E-state index in [4.69, 9.17) is 5.21 Å². The zero-order valence-corrected chi connectivity index (χ0v) is 24.4. The van der Waals surface area contributed by atoms with Crippen LogP contribution in [0.5, 0.6) is 0 Å². The van der Waals surface area contributed by atoms with Crippen molar-refractivity contribution in [1.29, 1.82) is 0 Å². The first kappa shape index (κ1) is 33.1. The van der Waals surface area contributed by atoms with Gasteiger partial charge in [-0.2, -0.15) is 16.1 Å². The molecule has 220 valence electrons. The maximum Gasteiger partial charge on any atom is 0.405 e. The monoisotopic (exact) mass is 594 g/mol. The van der Waals surface area contributed by atoms with Crippen LogP contribution in [0.15, 0.2) is 64.6 Å². The molecule has 0 fully saturated rings. The summed E-state index contributed by atoms with van der Waals surface area (Å²) in [6.45, 7) is 3.52. The van der Waals surface area contributed by atoms with Crippen LogP contribution in [0.1, 0.15) is 31.4 Å². The van der Waals surface area contributed by atoms with E-state index >= 15 is 0 Å². The summed E-state index contributed by atoms with van der Waals surface area (Å²) in [4.78, 5) is 24.4. The Balaban J connectivity index is 2.36. The SMILES string of the molecule is CSCC[C@H](NC(=O)O)C(=O)NC(Cc1ccccc1)[C@H](O)CN(CC(C)C)S(=O)(=O)c1ccc(/C=N/O)cc1. The molecule has 0 aliphatic heterocycles. The molecule has 40 heavy (non-hydrogen) atoms. The minimum atomic E-state index is -4.04. The first-order valence-electron chi connectivity index (χ1n) is 12.8. The fraction of sp³-hybridized carbons (Fsp3) is 0.444. The highest BCUT2D eigenvalue weighted by molar-refractivity contribution is 7.98. The van der Waals surface area contributed by atoms with Crippen molar-refractivity contribution in [3.8, 4) is 0 Å². The lowest BCUT2D eigenvalue weighted by molar-refractivity contribution is -0.124. The highest BCUT2D eigenvalue weighted by atomic mass is 32.2. The predicted octanol–water partition coefficient (Wildman–Crippen LogP) is 2.62. The first-order valence-corrected chi connectivity index (χ1v) is 15.6. The van der Waals surface area contributed by atoms with Crippen molar-refractivity contribution in [2.75, 3.05) is 25.1 Å². The number of rotatable bonds is 16. The van der Waals surface area contributed by atoms with Crippen molar-refractivity contribution in [3.63, 3.8) is 0 Å². The second kappa shape index (κ2) is 16.2. The zero-order chi connectivity index (χ0) is 29.7. The number of aliphatic hydroxyl groups excluding tert-OH is 1. The number of carboxylic acid groups (broad SMARTS) is 1. The molecule has 5 N–H and O–H groups in total. The fourth-order valence-electron chi connectivity index (χ4n) is 4.04. The van der Waals surface area contributed by atoms with E-state index in [-0.39, 0.29) is 36.7 Å². The molecule has 0 bridgehead atoms. The summed E-state index contributed by atoms with van der Waals surface area (Å²) in [7, 11) is -4.04. The second-order valence-electron chi connectivity index (χ2n) is 9.69. The van der Waals surface area contributed by atoms with E-state index in [2.05, 4.69) is 15.8 Å². The van der Waals surface area contributed by atoms with Gasteiger partial charge >= 0.3 is 6.09 Å². The van der Waals surface area contributed by atoms with Crippen molar-refractivity contribution in [1.82, 2.24) is 14.9 Å². The highest BCUT2D eigenvalue weighted by Crippen LogP contribution is 2.20. The van der Waals surface area contributed by atoms with E-state index in [0.29, 0.717) is 11.3 Å². The summed E-state index contributed by atoms with van der Waals surface area (Å²) >= 11 is 1.47. The number of carbonyl (C=O) groups excluding carboxylic acids is 1. The van der Waals surface area contributed by atoms with Gasteiger partial charge in [0, 0.05) is 13.1 Å². The number of nitrogens with zero attached hydrogens (tertiary/aromatic N) is 2. The number of hydrogen-bond donors (Lipinski definition) is 5. The van der Waals surface area contributed by atoms with Crippen LogP contribution in [-0.2, 0) is 21.2 Å². The third kappa shape index (κ3) is 10.5. The smallest absolute Gasteiger partial charge is 0.405 e. The van der Waals surface area contributed by atoms with Crippen LogP contribution in [0.4, 0.5) is 4.79 Å². The average molecular weight is 595 g/mol. The van der Waals surface area contributed by atoms with Crippen molar-refractivity contribution >= 4 is 40.0 Å². The van der Waals surface area contributed by atoms with Crippen molar-refractivity contribution in [2.24, 2.45) is 11.1 Å². The Hall–Kier alpha value is -3.13. The Kier molecular flexibility index (Phi) is 13.4. The van der Waals surface area contributed by atoms with Crippen LogP contribution in [-0.4, -0.2) is 89.6 Å². The van der Waals surface area contributed by atoms with Gasteiger partial charge in [0.25, 0.3) is 0 Å². The third-order valence-corrected chi connectivity index (χ3v) is 8.49. The molecule has 0 spiro atoms. The molecule has 2 aromatic rings. The summed E-state index contributed by atoms with van der Waals surface area (Å²) in [6, 6.07) is 13.0. The van der Waals surface area contributed by atoms with E-state index in [0.717, 1.165) is 5.56 Å². The number of thioether (sulfide) groups is 1. The van der Waals surface area contributed by atoms with Gasteiger partial charge in [0.1, 0.15) is 6.04 Å². The number of aliphatic hydroxyl groups is 1. The molecular formula is C27H38N4O7S2. The van der Waals surface area contributed by atoms with Crippen LogP contribution < -0.4 is 10.6 Å². The Morgan fingerprint density at radius 3 is 2.25 bits per heavy atom. The number of carbonyl (C=O) groups is 2. The topological polar surface area (TPSA) is 169 Å². The third-order valence-electron chi connectivity index (χ3n) is 6.00. The lowest BCUT2D eigenvalue weighted by Crippen LogP contribution is -2.55. The van der Waals surface area contributed by atoms with Crippen molar-refractivity contribution < 1.29 is 33.4 Å². The molecule has 0 radical (unpaired) electrons. The Labute approximate surface area is 239 Å². The highest BCUT2D eigenvalue weighted by Gasteiger charge is 2.32. The summed E-state index contributed by atoms with van der Waals surface area (Å²) in [5.74, 6) is -0.135. The van der Waals surface area contributed by atoms with Gasteiger partial charge in [0.15, 0.2) is 0 Å². The van der Waals surface area contributed by atoms with E-state index in [1.165, 1.54) is 46.5 Å². The van der Waals surface area contributed by atoms with E-state index in [9.17, 15) is 28.2 Å². The van der Waals surface area contributed by atoms with E-state index < -0.39 is 40.2 Å². The van der Waals surface area contributed by atoms with Gasteiger partial charge in [-0.15, -0.1) is 0 Å². The lowest BCUT2D eigenvalue weighted by Gasteiger charge is -2.31. The predicted molar refractivity (Wildman–Crippen MR) is 155 cm³/mol. The first-order chi connectivity index (χ1) is 19.0. The molecule has 0 aliphatic rings. The van der Waals surface area contributed by atoms with Gasteiger partial charge in [-0.25, -0.2) is 13.2 Å². The molecule has 0 aliphatic carbocycles. The molecule has 3 atom stereocenters. The van der Waals surface area contributed by atoms with E-state index in [1.807, 2.05) is 50.4 Å². The molecule has 2 rings (SSSR count).